The van der Waals surface area contributed by atoms with E-state index in [9.17, 15) is 9.90 Å². The van der Waals surface area contributed by atoms with Gasteiger partial charge in [-0.25, -0.2) is 4.99 Å². The van der Waals surface area contributed by atoms with Crippen LogP contribution in [0.4, 0.5) is 5.69 Å². The predicted octanol–water partition coefficient (Wildman–Crippen LogP) is 3.92. The van der Waals surface area contributed by atoms with E-state index in [4.69, 9.17) is 14.5 Å². The number of nitrogens with zero attached hydrogens (tertiary/aromatic N) is 3. The number of aryl methyl sites for hydroxylation is 1. The average molecular weight is 424 g/mol. The first-order chi connectivity index (χ1) is 14.8. The third-order valence-corrected chi connectivity index (χ3v) is 5.86. The first-order valence-corrected chi connectivity index (χ1v) is 10.5. The maximum Gasteiger partial charge on any atom is 0.310 e. The lowest BCUT2D eigenvalue weighted by molar-refractivity contribution is -0.148. The van der Waals surface area contributed by atoms with Crippen molar-refractivity contribution in [2.45, 2.75) is 20.8 Å². The minimum absolute atomic E-state index is 0.526. The van der Waals surface area contributed by atoms with Gasteiger partial charge in [0.1, 0.15) is 23.0 Å². The summed E-state index contributed by atoms with van der Waals surface area (Å²) in [6, 6.07) is 11.8. The number of rotatable bonds is 4. The monoisotopic (exact) mass is 423 g/mol. The van der Waals surface area contributed by atoms with Crippen LogP contribution < -0.4 is 9.47 Å². The number of ether oxygens (including phenoxy) is 2. The normalized spacial score (nSPS) is 16.5. The van der Waals surface area contributed by atoms with Gasteiger partial charge in [-0.1, -0.05) is 6.07 Å². The molecular formula is C24H29N3O4. The maximum absolute atomic E-state index is 11.5. The molecule has 7 nitrogen and oxygen atoms in total. The molecule has 0 aliphatic carbocycles. The summed E-state index contributed by atoms with van der Waals surface area (Å²) in [5.74, 6) is 2.31. The number of hydrogen-bond donors (Lipinski definition) is 1. The number of aliphatic imine (C=N–C) groups is 1. The molecule has 0 amide bonds. The number of benzene rings is 2. The lowest BCUT2D eigenvalue weighted by atomic mass is 9.93. The van der Waals surface area contributed by atoms with Crippen LogP contribution in [-0.2, 0) is 4.79 Å². The Morgan fingerprint density at radius 2 is 1.84 bits per heavy atom. The van der Waals surface area contributed by atoms with E-state index in [0.717, 1.165) is 66.1 Å². The van der Waals surface area contributed by atoms with E-state index in [1.165, 1.54) is 0 Å². The van der Waals surface area contributed by atoms with Gasteiger partial charge in [-0.3, -0.25) is 9.69 Å². The van der Waals surface area contributed by atoms with E-state index < -0.39 is 11.4 Å². The van der Waals surface area contributed by atoms with E-state index >= 15 is 0 Å². The Labute approximate surface area is 182 Å². The van der Waals surface area contributed by atoms with Crippen LogP contribution in [0.2, 0.25) is 0 Å². The highest BCUT2D eigenvalue weighted by atomic mass is 16.5. The molecule has 0 aromatic heterocycles. The number of aliphatic carboxylic acids is 1. The summed E-state index contributed by atoms with van der Waals surface area (Å²) >= 11 is 0. The quantitative estimate of drug-likeness (QED) is 0.804. The van der Waals surface area contributed by atoms with E-state index in [2.05, 4.69) is 9.80 Å². The molecular weight excluding hydrogens is 394 g/mol. The van der Waals surface area contributed by atoms with Crippen LogP contribution in [0.15, 0.2) is 41.4 Å². The molecule has 0 atom stereocenters. The van der Waals surface area contributed by atoms with Crippen molar-refractivity contribution in [3.05, 3.63) is 47.5 Å². The van der Waals surface area contributed by atoms with Crippen LogP contribution in [0.5, 0.6) is 17.2 Å². The summed E-state index contributed by atoms with van der Waals surface area (Å²) < 4.78 is 11.7. The summed E-state index contributed by atoms with van der Waals surface area (Å²) in [5.41, 5.74) is 2.05. The molecule has 0 unspecified atom stereocenters. The van der Waals surface area contributed by atoms with Crippen molar-refractivity contribution in [2.24, 2.45) is 10.4 Å². The summed E-state index contributed by atoms with van der Waals surface area (Å²) in [4.78, 5) is 21.0. The molecule has 1 N–H and O–H groups in total. The summed E-state index contributed by atoms with van der Waals surface area (Å²) in [6.07, 6.45) is 0. The van der Waals surface area contributed by atoms with Crippen LogP contribution in [0, 0.1) is 12.3 Å². The highest BCUT2D eigenvalue weighted by Crippen LogP contribution is 2.40. The van der Waals surface area contributed by atoms with Crippen LogP contribution in [0.1, 0.15) is 25.0 Å². The third-order valence-electron chi connectivity index (χ3n) is 5.86. The summed E-state index contributed by atoms with van der Waals surface area (Å²) in [5, 5.41) is 9.45. The van der Waals surface area contributed by atoms with Crippen molar-refractivity contribution >= 4 is 17.5 Å². The van der Waals surface area contributed by atoms with Crippen molar-refractivity contribution in [3.8, 4) is 17.2 Å². The Hall–Kier alpha value is -3.06. The Kier molecular flexibility index (Phi) is 5.62. The lowest BCUT2D eigenvalue weighted by Crippen LogP contribution is -2.52. The van der Waals surface area contributed by atoms with Gasteiger partial charge in [-0.2, -0.15) is 0 Å². The molecule has 4 rings (SSSR count). The van der Waals surface area contributed by atoms with Crippen molar-refractivity contribution in [3.63, 3.8) is 0 Å². The molecule has 2 aliphatic heterocycles. The Morgan fingerprint density at radius 3 is 2.52 bits per heavy atom. The van der Waals surface area contributed by atoms with Gasteiger partial charge in [-0.15, -0.1) is 0 Å². The van der Waals surface area contributed by atoms with Gasteiger partial charge in [-0.05, 0) is 56.7 Å². The molecule has 31 heavy (non-hydrogen) atoms. The lowest BCUT2D eigenvalue weighted by Gasteiger charge is -2.39. The number of carboxylic acids is 1. The smallest absolute Gasteiger partial charge is 0.310 e. The van der Waals surface area contributed by atoms with E-state index in [1.807, 2.05) is 43.3 Å². The third kappa shape index (κ3) is 4.37. The number of carboxylic acid groups (broad SMARTS) is 1. The zero-order valence-electron chi connectivity index (χ0n) is 18.5. The molecule has 0 bridgehead atoms. The molecule has 0 saturated carbocycles. The van der Waals surface area contributed by atoms with Crippen LogP contribution in [0.3, 0.4) is 0 Å². The Bertz CT molecular complexity index is 1020. The maximum atomic E-state index is 11.5. The SMILES string of the molecule is COc1ccc2c(c1)C(N1CCN(CC(C)(C)C(=O)O)CC1)=Nc1cc(C)ccc1O2. The van der Waals surface area contributed by atoms with E-state index in [1.54, 1.807) is 21.0 Å². The minimum Gasteiger partial charge on any atom is -0.497 e. The topological polar surface area (TPSA) is 74.6 Å². The van der Waals surface area contributed by atoms with Crippen molar-refractivity contribution < 1.29 is 19.4 Å². The fourth-order valence-corrected chi connectivity index (χ4v) is 3.98. The first kappa shape index (κ1) is 21.2. The molecule has 2 aromatic carbocycles. The van der Waals surface area contributed by atoms with Gasteiger partial charge in [0.15, 0.2) is 5.75 Å². The van der Waals surface area contributed by atoms with Gasteiger partial charge >= 0.3 is 5.97 Å². The Balaban J connectivity index is 1.64. The largest absolute Gasteiger partial charge is 0.497 e. The molecule has 0 radical (unpaired) electrons. The van der Waals surface area contributed by atoms with E-state index in [0.29, 0.717) is 6.54 Å². The molecule has 164 valence electrons. The van der Waals surface area contributed by atoms with Gasteiger partial charge in [0.25, 0.3) is 0 Å². The zero-order valence-corrected chi connectivity index (χ0v) is 18.5. The average Bonchev–Trinajstić information content (AvgIpc) is 2.90. The van der Waals surface area contributed by atoms with Crippen LogP contribution in [-0.4, -0.2) is 66.5 Å². The fourth-order valence-electron chi connectivity index (χ4n) is 3.98. The van der Waals surface area contributed by atoms with Gasteiger partial charge in [0.05, 0.1) is 18.1 Å². The molecule has 2 aromatic rings. The zero-order chi connectivity index (χ0) is 22.2. The van der Waals surface area contributed by atoms with Crippen molar-refractivity contribution in [1.82, 2.24) is 9.80 Å². The van der Waals surface area contributed by atoms with Crippen molar-refractivity contribution in [1.29, 1.82) is 0 Å². The van der Waals surface area contributed by atoms with Gasteiger partial charge < -0.3 is 19.5 Å². The number of methoxy groups -OCH3 is 1. The second-order valence-corrected chi connectivity index (χ2v) is 8.82. The second kappa shape index (κ2) is 8.23. The summed E-state index contributed by atoms with van der Waals surface area (Å²) in [7, 11) is 1.65. The molecule has 2 aliphatic rings. The molecule has 0 spiro atoms. The minimum atomic E-state index is -0.772. The first-order valence-electron chi connectivity index (χ1n) is 10.5. The van der Waals surface area contributed by atoms with Crippen LogP contribution >= 0.6 is 0 Å². The highest BCUT2D eigenvalue weighted by molar-refractivity contribution is 6.04. The fraction of sp³-hybridized carbons (Fsp3) is 0.417. The van der Waals surface area contributed by atoms with Crippen LogP contribution in [0.25, 0.3) is 0 Å². The van der Waals surface area contributed by atoms with Gasteiger partial charge in [0.2, 0.25) is 0 Å². The number of amidine groups is 1. The number of piperazine rings is 1. The molecule has 1 saturated heterocycles. The molecule has 2 heterocycles. The van der Waals surface area contributed by atoms with Gasteiger partial charge in [0, 0.05) is 32.7 Å². The molecule has 1 fully saturated rings. The number of carbonyl (C=O) groups is 1. The number of hydrogen-bond acceptors (Lipinski definition) is 6. The van der Waals surface area contributed by atoms with E-state index in [-0.39, 0.29) is 0 Å². The van der Waals surface area contributed by atoms with Crippen molar-refractivity contribution in [2.75, 3.05) is 39.8 Å². The standard InChI is InChI=1S/C24H29N3O4/c1-16-5-7-21-19(13-16)25-22(18-14-17(30-4)6-8-20(18)31-21)27-11-9-26(10-12-27)15-24(2,3)23(28)29/h5-8,13-14H,9-12,15H2,1-4H3,(H,28,29). The summed E-state index contributed by atoms with van der Waals surface area (Å²) in [6.45, 7) is 9.18. The highest BCUT2D eigenvalue weighted by Gasteiger charge is 2.32. The predicted molar refractivity (Wildman–Crippen MR) is 120 cm³/mol. The molecule has 7 heteroatoms. The second-order valence-electron chi connectivity index (χ2n) is 8.82. The Morgan fingerprint density at radius 1 is 1.13 bits per heavy atom. The number of fused-ring (bicyclic) bond motifs is 2.